The Morgan fingerprint density at radius 3 is 2.36 bits per heavy atom. The lowest BCUT2D eigenvalue weighted by Gasteiger charge is -2.18. The molecule has 1 amide bonds. The Bertz CT molecular complexity index is 702. The molecule has 0 unspecified atom stereocenters. The van der Waals surface area contributed by atoms with Crippen LogP contribution >= 0.6 is 11.8 Å². The number of aromatic nitrogens is 2. The molecule has 6 heteroatoms. The van der Waals surface area contributed by atoms with Gasteiger partial charge in [-0.2, -0.15) is 0 Å². The van der Waals surface area contributed by atoms with Crippen LogP contribution in [-0.4, -0.2) is 27.9 Å². The lowest BCUT2D eigenvalue weighted by molar-refractivity contribution is -0.120. The maximum absolute atomic E-state index is 12.0. The van der Waals surface area contributed by atoms with Gasteiger partial charge >= 0.3 is 0 Å². The zero-order valence-electron chi connectivity index (χ0n) is 15.8. The largest absolute Gasteiger partial charge is 0.411 e. The fourth-order valence-electron chi connectivity index (χ4n) is 2.14. The number of benzene rings is 1. The SMILES string of the molecule is CC(C)CNC(=O)[C@H](C)Sc1nnc(-c2ccc(C(C)(C)C)cc2)o1. The zero-order valence-corrected chi connectivity index (χ0v) is 16.6. The fourth-order valence-corrected chi connectivity index (χ4v) is 2.85. The molecule has 0 saturated heterocycles. The monoisotopic (exact) mass is 361 g/mol. The number of thioether (sulfide) groups is 1. The molecule has 1 aromatic carbocycles. The van der Waals surface area contributed by atoms with Gasteiger partial charge in [0, 0.05) is 12.1 Å². The first-order valence-electron chi connectivity index (χ1n) is 8.55. The standard InChI is InChI=1S/C19H27N3O2S/c1-12(2)11-20-16(23)13(3)25-18-22-21-17(24-18)14-7-9-15(10-8-14)19(4,5)6/h7-10,12-13H,11H2,1-6H3,(H,20,23)/t13-/m0/s1. The number of amides is 1. The van der Waals surface area contributed by atoms with E-state index in [2.05, 4.69) is 62.3 Å². The highest BCUT2D eigenvalue weighted by molar-refractivity contribution is 8.00. The summed E-state index contributed by atoms with van der Waals surface area (Å²) < 4.78 is 5.70. The Kier molecular flexibility index (Phi) is 6.27. The van der Waals surface area contributed by atoms with Crippen molar-refractivity contribution in [1.82, 2.24) is 15.5 Å². The fraction of sp³-hybridized carbons (Fsp3) is 0.526. The van der Waals surface area contributed by atoms with E-state index in [-0.39, 0.29) is 16.6 Å². The quantitative estimate of drug-likeness (QED) is 0.778. The highest BCUT2D eigenvalue weighted by Gasteiger charge is 2.19. The van der Waals surface area contributed by atoms with Gasteiger partial charge in [-0.3, -0.25) is 4.79 Å². The second-order valence-electron chi connectivity index (χ2n) is 7.60. The van der Waals surface area contributed by atoms with Gasteiger partial charge in [0.15, 0.2) is 0 Å². The van der Waals surface area contributed by atoms with Crippen LogP contribution in [0.4, 0.5) is 0 Å². The normalized spacial score (nSPS) is 13.1. The second-order valence-corrected chi connectivity index (χ2v) is 8.89. The first-order valence-corrected chi connectivity index (χ1v) is 9.43. The van der Waals surface area contributed by atoms with Crippen LogP contribution in [0.5, 0.6) is 0 Å². The van der Waals surface area contributed by atoms with Crippen LogP contribution in [0.2, 0.25) is 0 Å². The lowest BCUT2D eigenvalue weighted by atomic mass is 9.87. The van der Waals surface area contributed by atoms with Crippen molar-refractivity contribution >= 4 is 17.7 Å². The van der Waals surface area contributed by atoms with Crippen LogP contribution in [0, 0.1) is 5.92 Å². The molecule has 136 valence electrons. The minimum Gasteiger partial charge on any atom is -0.411 e. The summed E-state index contributed by atoms with van der Waals surface area (Å²) in [5.74, 6) is 0.873. The van der Waals surface area contributed by atoms with E-state index in [0.717, 1.165) is 5.56 Å². The average molecular weight is 362 g/mol. The van der Waals surface area contributed by atoms with Crippen LogP contribution in [-0.2, 0) is 10.2 Å². The molecule has 25 heavy (non-hydrogen) atoms. The number of rotatable bonds is 6. The molecule has 0 bridgehead atoms. The molecule has 2 aromatic rings. The van der Waals surface area contributed by atoms with Crippen molar-refractivity contribution in [2.75, 3.05) is 6.54 Å². The Hall–Kier alpha value is -1.82. The van der Waals surface area contributed by atoms with E-state index in [0.29, 0.717) is 23.6 Å². The molecule has 1 heterocycles. The van der Waals surface area contributed by atoms with Gasteiger partial charge in [0.25, 0.3) is 5.22 Å². The van der Waals surface area contributed by atoms with Gasteiger partial charge in [-0.05, 0) is 36.0 Å². The van der Waals surface area contributed by atoms with Gasteiger partial charge < -0.3 is 9.73 Å². The zero-order chi connectivity index (χ0) is 18.6. The first kappa shape index (κ1) is 19.5. The van der Waals surface area contributed by atoms with Crippen LogP contribution in [0.15, 0.2) is 33.9 Å². The van der Waals surface area contributed by atoms with E-state index < -0.39 is 0 Å². The molecule has 0 aliphatic rings. The number of hydrogen-bond donors (Lipinski definition) is 1. The maximum Gasteiger partial charge on any atom is 0.277 e. The van der Waals surface area contributed by atoms with Gasteiger partial charge in [0.1, 0.15) is 0 Å². The summed E-state index contributed by atoms with van der Waals surface area (Å²) in [6.45, 7) is 13.2. The summed E-state index contributed by atoms with van der Waals surface area (Å²) >= 11 is 1.27. The summed E-state index contributed by atoms with van der Waals surface area (Å²) in [6, 6.07) is 8.13. The minimum absolute atomic E-state index is 0.0204. The lowest BCUT2D eigenvalue weighted by Crippen LogP contribution is -2.33. The third-order valence-corrected chi connectivity index (χ3v) is 4.67. The third kappa shape index (κ3) is 5.59. The first-order chi connectivity index (χ1) is 11.7. The van der Waals surface area contributed by atoms with E-state index in [1.54, 1.807) is 0 Å². The van der Waals surface area contributed by atoms with E-state index in [1.165, 1.54) is 17.3 Å². The van der Waals surface area contributed by atoms with Crippen molar-refractivity contribution < 1.29 is 9.21 Å². The molecule has 0 radical (unpaired) electrons. The van der Waals surface area contributed by atoms with Crippen LogP contribution < -0.4 is 5.32 Å². The average Bonchev–Trinajstić information content (AvgIpc) is 3.00. The Morgan fingerprint density at radius 1 is 1.16 bits per heavy atom. The molecule has 1 aromatic heterocycles. The summed E-state index contributed by atoms with van der Waals surface area (Å²) in [5.41, 5.74) is 2.23. The van der Waals surface area contributed by atoms with Crippen molar-refractivity contribution in [2.24, 2.45) is 5.92 Å². The van der Waals surface area contributed by atoms with Crippen molar-refractivity contribution in [1.29, 1.82) is 0 Å². The smallest absolute Gasteiger partial charge is 0.277 e. The third-order valence-electron chi connectivity index (χ3n) is 3.74. The molecule has 0 fully saturated rings. The maximum atomic E-state index is 12.0. The van der Waals surface area contributed by atoms with Crippen LogP contribution in [0.1, 0.15) is 47.1 Å². The second kappa shape index (κ2) is 8.04. The Morgan fingerprint density at radius 2 is 1.80 bits per heavy atom. The number of nitrogens with one attached hydrogen (secondary N) is 1. The molecule has 5 nitrogen and oxygen atoms in total. The molecular formula is C19H27N3O2S. The van der Waals surface area contributed by atoms with Gasteiger partial charge in [0.2, 0.25) is 11.8 Å². The van der Waals surface area contributed by atoms with E-state index >= 15 is 0 Å². The van der Waals surface area contributed by atoms with Gasteiger partial charge in [0.05, 0.1) is 5.25 Å². The predicted octanol–water partition coefficient (Wildman–Crippen LogP) is 4.29. The number of carbonyl (C=O) groups excluding carboxylic acids is 1. The Labute approximate surface area is 154 Å². The predicted molar refractivity (Wildman–Crippen MR) is 102 cm³/mol. The molecule has 0 aliphatic heterocycles. The summed E-state index contributed by atoms with van der Waals surface area (Å²) in [7, 11) is 0. The summed E-state index contributed by atoms with van der Waals surface area (Å²) in [6.07, 6.45) is 0. The van der Waals surface area contributed by atoms with Crippen molar-refractivity contribution in [3.05, 3.63) is 29.8 Å². The van der Waals surface area contributed by atoms with E-state index in [1.807, 2.05) is 19.1 Å². The topological polar surface area (TPSA) is 68.0 Å². The van der Waals surface area contributed by atoms with Crippen LogP contribution in [0.25, 0.3) is 11.5 Å². The van der Waals surface area contributed by atoms with Crippen molar-refractivity contribution in [3.8, 4) is 11.5 Å². The van der Waals surface area contributed by atoms with Gasteiger partial charge in [-0.25, -0.2) is 0 Å². The van der Waals surface area contributed by atoms with E-state index in [4.69, 9.17) is 4.42 Å². The van der Waals surface area contributed by atoms with Crippen LogP contribution in [0.3, 0.4) is 0 Å². The van der Waals surface area contributed by atoms with E-state index in [9.17, 15) is 4.79 Å². The van der Waals surface area contributed by atoms with Crippen molar-refractivity contribution in [2.45, 2.75) is 57.4 Å². The molecule has 1 atom stereocenters. The number of carbonyl (C=O) groups is 1. The number of hydrogen-bond acceptors (Lipinski definition) is 5. The summed E-state index contributed by atoms with van der Waals surface area (Å²) in [5, 5.41) is 11.2. The van der Waals surface area contributed by atoms with Gasteiger partial charge in [-0.1, -0.05) is 58.5 Å². The molecule has 1 N–H and O–H groups in total. The summed E-state index contributed by atoms with van der Waals surface area (Å²) in [4.78, 5) is 12.0. The number of nitrogens with zero attached hydrogens (tertiary/aromatic N) is 2. The van der Waals surface area contributed by atoms with Crippen molar-refractivity contribution in [3.63, 3.8) is 0 Å². The minimum atomic E-state index is -0.282. The highest BCUT2D eigenvalue weighted by Crippen LogP contribution is 2.28. The molecule has 2 rings (SSSR count). The Balaban J connectivity index is 2.01. The molecule has 0 spiro atoms. The molecular weight excluding hydrogens is 334 g/mol. The highest BCUT2D eigenvalue weighted by atomic mass is 32.2. The van der Waals surface area contributed by atoms with Gasteiger partial charge in [-0.15, -0.1) is 10.2 Å². The molecule has 0 saturated carbocycles. The molecule has 0 aliphatic carbocycles.